The highest BCUT2D eigenvalue weighted by atomic mass is 35.5. The number of carbonyl (C=O) groups excluding carboxylic acids is 1. The van der Waals surface area contributed by atoms with Crippen LogP contribution in [0.2, 0.25) is 5.02 Å². The van der Waals surface area contributed by atoms with Crippen molar-refractivity contribution in [2.45, 2.75) is 53.4 Å². The summed E-state index contributed by atoms with van der Waals surface area (Å²) in [4.78, 5) is 17.0. The number of unbranched alkanes of at least 4 members (excludes halogenated alkanes) is 2. The molecule has 3 heterocycles. The van der Waals surface area contributed by atoms with Gasteiger partial charge < -0.3 is 4.57 Å². The molecule has 0 bridgehead atoms. The predicted molar refractivity (Wildman–Crippen MR) is 134 cm³/mol. The average molecular weight is 468 g/mol. The minimum absolute atomic E-state index is 0.0710. The molecule has 0 saturated heterocycles. The summed E-state index contributed by atoms with van der Waals surface area (Å²) in [6, 6.07) is 7.82. The monoisotopic (exact) mass is 467 g/mol. The fourth-order valence-electron chi connectivity index (χ4n) is 3.94. The Balaban J connectivity index is 1.67. The second kappa shape index (κ2) is 9.08. The zero-order valence-electron chi connectivity index (χ0n) is 18.7. The molecule has 6 nitrogen and oxygen atoms in total. The lowest BCUT2D eigenvalue weighted by molar-refractivity contribution is -0.114. The number of aryl methyl sites for hydroxylation is 2. The number of halogens is 1. The van der Waals surface area contributed by atoms with E-state index in [0.29, 0.717) is 10.2 Å². The summed E-state index contributed by atoms with van der Waals surface area (Å²) < 4.78 is 2.12. The van der Waals surface area contributed by atoms with Gasteiger partial charge in [-0.2, -0.15) is 15.1 Å². The van der Waals surface area contributed by atoms with Crippen molar-refractivity contribution in [1.82, 2.24) is 9.58 Å². The maximum absolute atomic E-state index is 12.8. The molecule has 1 aromatic heterocycles. The van der Waals surface area contributed by atoms with Crippen molar-refractivity contribution in [2.75, 3.05) is 0 Å². The summed E-state index contributed by atoms with van der Waals surface area (Å²) in [5.41, 5.74) is 5.20. The largest absolute Gasteiger partial charge is 0.318 e. The maximum atomic E-state index is 12.8. The summed E-state index contributed by atoms with van der Waals surface area (Å²) >= 11 is 7.63. The fraction of sp³-hybridized carbons (Fsp3) is 0.333. The van der Waals surface area contributed by atoms with Gasteiger partial charge in [0.05, 0.1) is 5.57 Å². The number of nitrogens with one attached hydrogen (secondary N) is 1. The number of benzene rings is 1. The third kappa shape index (κ3) is 4.19. The minimum atomic E-state index is -0.400. The Morgan fingerprint density at radius 2 is 1.97 bits per heavy atom. The van der Waals surface area contributed by atoms with Crippen molar-refractivity contribution < 1.29 is 4.79 Å². The van der Waals surface area contributed by atoms with Crippen molar-refractivity contribution in [3.8, 4) is 5.69 Å². The van der Waals surface area contributed by atoms with Crippen LogP contribution < -0.4 is 0 Å². The molecule has 8 heteroatoms. The number of hydrazone groups is 1. The van der Waals surface area contributed by atoms with E-state index in [1.807, 2.05) is 45.0 Å². The molecule has 0 fully saturated rings. The van der Waals surface area contributed by atoms with Crippen molar-refractivity contribution in [3.05, 3.63) is 57.4 Å². The van der Waals surface area contributed by atoms with Crippen LogP contribution in [0.3, 0.4) is 0 Å². The molecule has 1 N–H and O–H groups in total. The molecular formula is C24H26ClN5OS. The molecule has 0 radical (unpaired) electrons. The maximum Gasteiger partial charge on any atom is 0.283 e. The molecule has 2 aliphatic heterocycles. The number of thioether (sulfide) groups is 1. The second-order valence-corrected chi connectivity index (χ2v) is 9.54. The van der Waals surface area contributed by atoms with Crippen molar-refractivity contribution >= 4 is 51.4 Å². The zero-order valence-corrected chi connectivity index (χ0v) is 20.3. The highest BCUT2D eigenvalue weighted by Crippen LogP contribution is 2.32. The van der Waals surface area contributed by atoms with Crippen LogP contribution in [0.4, 0.5) is 0 Å². The topological polar surface area (TPSA) is 73.8 Å². The van der Waals surface area contributed by atoms with E-state index in [2.05, 4.69) is 21.6 Å². The molecule has 1 aromatic carbocycles. The number of hydrogen-bond donors (Lipinski definition) is 1. The number of hydrogen-bond acceptors (Lipinski definition) is 4. The first-order chi connectivity index (χ1) is 15.3. The van der Waals surface area contributed by atoms with Gasteiger partial charge in [0.25, 0.3) is 5.91 Å². The first kappa shape index (κ1) is 22.6. The summed E-state index contributed by atoms with van der Waals surface area (Å²) in [5, 5.41) is 16.7. The molecule has 2 aliphatic rings. The summed E-state index contributed by atoms with van der Waals surface area (Å²) in [6.45, 7) is 8.22. The summed E-state index contributed by atoms with van der Waals surface area (Å²) in [5.74, 6) is -0.329. The lowest BCUT2D eigenvalue weighted by atomic mass is 10.1. The van der Waals surface area contributed by atoms with E-state index in [4.69, 9.17) is 17.0 Å². The smallest absolute Gasteiger partial charge is 0.283 e. The zero-order chi connectivity index (χ0) is 23.0. The van der Waals surface area contributed by atoms with Gasteiger partial charge in [0.15, 0.2) is 5.84 Å². The Morgan fingerprint density at radius 3 is 2.72 bits per heavy atom. The number of fused-ring (bicyclic) bond motifs is 1. The molecule has 32 heavy (non-hydrogen) atoms. The van der Waals surface area contributed by atoms with Crippen LogP contribution in [0.15, 0.2) is 39.9 Å². The number of nitrogens with zero attached hydrogens (tertiary/aromatic N) is 4. The van der Waals surface area contributed by atoms with Crippen LogP contribution in [0.1, 0.15) is 55.1 Å². The van der Waals surface area contributed by atoms with Crippen molar-refractivity contribution in [2.24, 2.45) is 10.1 Å². The third-order valence-electron chi connectivity index (χ3n) is 5.67. The van der Waals surface area contributed by atoms with E-state index < -0.39 is 5.91 Å². The van der Waals surface area contributed by atoms with E-state index in [1.54, 1.807) is 6.08 Å². The molecule has 0 aliphatic carbocycles. The van der Waals surface area contributed by atoms with Gasteiger partial charge in [-0.3, -0.25) is 10.2 Å². The van der Waals surface area contributed by atoms with Crippen LogP contribution in [0.25, 0.3) is 11.8 Å². The third-order valence-corrected chi connectivity index (χ3v) is 6.88. The molecule has 4 rings (SSSR count). The van der Waals surface area contributed by atoms with E-state index in [9.17, 15) is 4.79 Å². The Labute approximate surface area is 197 Å². The molecule has 0 unspecified atom stereocenters. The predicted octanol–water partition coefficient (Wildman–Crippen LogP) is 6.26. The molecule has 1 amide bonds. The molecule has 0 saturated carbocycles. The van der Waals surface area contributed by atoms with Gasteiger partial charge >= 0.3 is 0 Å². The van der Waals surface area contributed by atoms with Crippen LogP contribution >= 0.6 is 23.4 Å². The van der Waals surface area contributed by atoms with Crippen LogP contribution in [0.5, 0.6) is 0 Å². The Hall–Kier alpha value is -2.64. The number of amidine groups is 2. The fourth-order valence-corrected chi connectivity index (χ4v) is 5.04. The molecule has 166 valence electrons. The highest BCUT2D eigenvalue weighted by Gasteiger charge is 2.35. The van der Waals surface area contributed by atoms with Crippen molar-refractivity contribution in [1.29, 1.82) is 5.41 Å². The van der Waals surface area contributed by atoms with E-state index >= 15 is 0 Å². The van der Waals surface area contributed by atoms with E-state index in [1.165, 1.54) is 16.8 Å². The normalized spacial score (nSPS) is 17.2. The lowest BCUT2D eigenvalue weighted by Gasteiger charge is -2.20. The van der Waals surface area contributed by atoms with Crippen LogP contribution in [-0.2, 0) is 4.79 Å². The Kier molecular flexibility index (Phi) is 6.40. The first-order valence-corrected chi connectivity index (χ1v) is 11.9. The van der Waals surface area contributed by atoms with Gasteiger partial charge in [0.2, 0.25) is 5.17 Å². The van der Waals surface area contributed by atoms with Gasteiger partial charge in [0, 0.05) is 22.1 Å². The molecule has 2 aromatic rings. The quantitative estimate of drug-likeness (QED) is 0.402. The lowest BCUT2D eigenvalue weighted by Crippen LogP contribution is -2.35. The van der Waals surface area contributed by atoms with Gasteiger partial charge in [-0.05, 0) is 80.8 Å². The average Bonchev–Trinajstić information content (AvgIpc) is 3.27. The van der Waals surface area contributed by atoms with Crippen molar-refractivity contribution in [3.63, 3.8) is 0 Å². The van der Waals surface area contributed by atoms with E-state index in [-0.39, 0.29) is 11.4 Å². The SMILES string of the molecule is CCCCCC1=NN2C(=N)/C(=C/c3cc(C)n(-c4cc(Cl)ccc4C)c3C)C(=O)N=C2S1. The standard InChI is InChI=1S/C24H26ClN5OS/c1-5-6-7-8-21-28-30-22(26)19(23(31)27-24(30)32-21)12-17-11-15(3)29(16(17)4)20-13-18(25)10-9-14(20)2/h9-13,26H,5-8H2,1-4H3/b19-12-,26-22?. The van der Waals surface area contributed by atoms with Gasteiger partial charge in [-0.1, -0.05) is 37.4 Å². The number of amides is 1. The van der Waals surface area contributed by atoms with Gasteiger partial charge in [-0.25, -0.2) is 0 Å². The molecule has 0 spiro atoms. The number of aromatic nitrogens is 1. The summed E-state index contributed by atoms with van der Waals surface area (Å²) in [7, 11) is 0. The second-order valence-electron chi connectivity index (χ2n) is 8.06. The van der Waals surface area contributed by atoms with Crippen LogP contribution in [-0.4, -0.2) is 31.5 Å². The van der Waals surface area contributed by atoms with Crippen LogP contribution in [0, 0.1) is 26.2 Å². The summed E-state index contributed by atoms with van der Waals surface area (Å²) in [6.07, 6.45) is 5.90. The number of carbonyl (C=O) groups is 1. The van der Waals surface area contributed by atoms with Gasteiger partial charge in [0.1, 0.15) is 5.04 Å². The molecule has 0 atom stereocenters. The highest BCUT2D eigenvalue weighted by molar-refractivity contribution is 8.26. The first-order valence-electron chi connectivity index (χ1n) is 10.7. The van der Waals surface area contributed by atoms with E-state index in [0.717, 1.165) is 58.9 Å². The minimum Gasteiger partial charge on any atom is -0.318 e. The Morgan fingerprint density at radius 1 is 1.19 bits per heavy atom. The van der Waals surface area contributed by atoms with Gasteiger partial charge in [-0.15, -0.1) is 0 Å². The number of rotatable bonds is 6. The number of aliphatic imine (C=N–C) groups is 1. The molecular weight excluding hydrogens is 442 g/mol. The Bertz CT molecular complexity index is 1210.